The first kappa shape index (κ1) is 15.8. The Kier molecular flexibility index (Phi) is 6.02. The molecular weight excluding hydrogens is 268 g/mol. The molecule has 1 aromatic rings. The van der Waals surface area contributed by atoms with Crippen LogP contribution in [0.5, 0.6) is 5.75 Å². The summed E-state index contributed by atoms with van der Waals surface area (Å²) in [7, 11) is 1.65. The fraction of sp³-hybridized carbons (Fsp3) is 0.562. The first-order chi connectivity index (χ1) is 10.2. The highest BCUT2D eigenvalue weighted by molar-refractivity contribution is 5.78. The van der Waals surface area contributed by atoms with Crippen LogP contribution < -0.4 is 10.1 Å². The van der Waals surface area contributed by atoms with Crippen LogP contribution in [0.1, 0.15) is 11.1 Å². The van der Waals surface area contributed by atoms with Crippen LogP contribution in [0.4, 0.5) is 0 Å². The van der Waals surface area contributed by atoms with Crippen molar-refractivity contribution in [3.05, 3.63) is 29.3 Å². The molecule has 1 aromatic carbocycles. The Morgan fingerprint density at radius 1 is 1.38 bits per heavy atom. The molecule has 116 valence electrons. The van der Waals surface area contributed by atoms with Crippen LogP contribution >= 0.6 is 0 Å². The van der Waals surface area contributed by atoms with Crippen molar-refractivity contribution in [2.24, 2.45) is 0 Å². The molecule has 0 saturated carbocycles. The van der Waals surface area contributed by atoms with E-state index >= 15 is 0 Å². The molecule has 1 heterocycles. The molecule has 0 aromatic heterocycles. The summed E-state index contributed by atoms with van der Waals surface area (Å²) in [5, 5.41) is 2.97. The van der Waals surface area contributed by atoms with E-state index in [0.29, 0.717) is 13.0 Å². The Morgan fingerprint density at radius 3 is 2.81 bits per heavy atom. The zero-order valence-electron chi connectivity index (χ0n) is 12.9. The Hall–Kier alpha value is -1.59. The van der Waals surface area contributed by atoms with Gasteiger partial charge in [0.15, 0.2) is 0 Å². The maximum atomic E-state index is 11.9. The molecule has 1 amide bonds. The van der Waals surface area contributed by atoms with Gasteiger partial charge in [-0.05, 0) is 24.1 Å². The third-order valence-electron chi connectivity index (χ3n) is 3.68. The maximum absolute atomic E-state index is 11.9. The third kappa shape index (κ3) is 5.02. The summed E-state index contributed by atoms with van der Waals surface area (Å²) in [6, 6.07) is 5.85. The number of carbonyl (C=O) groups is 1. The molecule has 0 radical (unpaired) electrons. The predicted molar refractivity (Wildman–Crippen MR) is 81.7 cm³/mol. The van der Waals surface area contributed by atoms with Crippen LogP contribution in [0.2, 0.25) is 0 Å². The van der Waals surface area contributed by atoms with Crippen molar-refractivity contribution in [1.82, 2.24) is 10.2 Å². The number of morpholine rings is 1. The fourth-order valence-corrected chi connectivity index (χ4v) is 2.48. The van der Waals surface area contributed by atoms with Crippen LogP contribution in [0, 0.1) is 6.92 Å². The number of methoxy groups -OCH3 is 1. The number of benzene rings is 1. The first-order valence-corrected chi connectivity index (χ1v) is 7.39. The SMILES string of the molecule is COc1ccc(CC(=O)NCCN2CCOCC2)cc1C. The summed E-state index contributed by atoms with van der Waals surface area (Å²) in [6.45, 7) is 7.04. The second-order valence-electron chi connectivity index (χ2n) is 5.28. The van der Waals surface area contributed by atoms with E-state index in [4.69, 9.17) is 9.47 Å². The van der Waals surface area contributed by atoms with Gasteiger partial charge in [-0.15, -0.1) is 0 Å². The average molecular weight is 292 g/mol. The van der Waals surface area contributed by atoms with Gasteiger partial charge in [0.05, 0.1) is 26.7 Å². The van der Waals surface area contributed by atoms with Gasteiger partial charge in [0.1, 0.15) is 5.75 Å². The minimum atomic E-state index is 0.0628. The Labute approximate surface area is 126 Å². The van der Waals surface area contributed by atoms with Crippen molar-refractivity contribution in [3.63, 3.8) is 0 Å². The monoisotopic (exact) mass is 292 g/mol. The smallest absolute Gasteiger partial charge is 0.224 e. The van der Waals surface area contributed by atoms with E-state index in [-0.39, 0.29) is 5.91 Å². The Balaban J connectivity index is 1.72. The van der Waals surface area contributed by atoms with Gasteiger partial charge in [-0.25, -0.2) is 0 Å². The molecule has 0 aliphatic carbocycles. The molecule has 1 aliphatic heterocycles. The highest BCUT2D eigenvalue weighted by atomic mass is 16.5. The molecular formula is C16H24N2O3. The fourth-order valence-electron chi connectivity index (χ4n) is 2.48. The second kappa shape index (κ2) is 8.00. The standard InChI is InChI=1S/C16H24N2O3/c1-13-11-14(3-4-15(13)20-2)12-16(19)17-5-6-18-7-9-21-10-8-18/h3-4,11H,5-10,12H2,1-2H3,(H,17,19). The quantitative estimate of drug-likeness (QED) is 0.850. The Bertz CT molecular complexity index is 471. The van der Waals surface area contributed by atoms with Gasteiger partial charge in [0, 0.05) is 26.2 Å². The molecule has 2 rings (SSSR count). The number of carbonyl (C=O) groups excluding carboxylic acids is 1. The number of nitrogens with zero attached hydrogens (tertiary/aromatic N) is 1. The van der Waals surface area contributed by atoms with Gasteiger partial charge in [-0.2, -0.15) is 0 Å². The van der Waals surface area contributed by atoms with E-state index in [1.807, 2.05) is 25.1 Å². The molecule has 1 saturated heterocycles. The Morgan fingerprint density at radius 2 is 2.14 bits per heavy atom. The van der Waals surface area contributed by atoms with Crippen LogP contribution in [0.3, 0.4) is 0 Å². The van der Waals surface area contributed by atoms with Crippen molar-refractivity contribution >= 4 is 5.91 Å². The summed E-state index contributed by atoms with van der Waals surface area (Å²) in [5.41, 5.74) is 2.06. The molecule has 1 aliphatic rings. The van der Waals surface area contributed by atoms with Crippen molar-refractivity contribution in [2.75, 3.05) is 46.5 Å². The molecule has 5 heteroatoms. The number of amides is 1. The molecule has 1 N–H and O–H groups in total. The summed E-state index contributed by atoms with van der Waals surface area (Å²) >= 11 is 0. The molecule has 0 spiro atoms. The van der Waals surface area contributed by atoms with Crippen molar-refractivity contribution in [3.8, 4) is 5.75 Å². The number of hydrogen-bond donors (Lipinski definition) is 1. The van der Waals surface area contributed by atoms with E-state index < -0.39 is 0 Å². The van der Waals surface area contributed by atoms with Crippen molar-refractivity contribution in [2.45, 2.75) is 13.3 Å². The number of aryl methyl sites for hydroxylation is 1. The topological polar surface area (TPSA) is 50.8 Å². The van der Waals surface area contributed by atoms with Gasteiger partial charge in [0.2, 0.25) is 5.91 Å². The van der Waals surface area contributed by atoms with Crippen LogP contribution in [0.25, 0.3) is 0 Å². The number of nitrogens with one attached hydrogen (secondary N) is 1. The van der Waals surface area contributed by atoms with Gasteiger partial charge >= 0.3 is 0 Å². The lowest BCUT2D eigenvalue weighted by atomic mass is 10.1. The van der Waals surface area contributed by atoms with Gasteiger partial charge in [0.25, 0.3) is 0 Å². The normalized spacial score (nSPS) is 15.7. The van der Waals surface area contributed by atoms with E-state index in [1.165, 1.54) is 0 Å². The summed E-state index contributed by atoms with van der Waals surface area (Å²) in [5.74, 6) is 0.916. The zero-order valence-corrected chi connectivity index (χ0v) is 12.9. The highest BCUT2D eigenvalue weighted by Crippen LogP contribution is 2.18. The van der Waals surface area contributed by atoms with Crippen molar-refractivity contribution in [1.29, 1.82) is 0 Å². The van der Waals surface area contributed by atoms with Gasteiger partial charge in [-0.1, -0.05) is 12.1 Å². The van der Waals surface area contributed by atoms with Gasteiger partial charge < -0.3 is 14.8 Å². The number of ether oxygens (including phenoxy) is 2. The molecule has 21 heavy (non-hydrogen) atoms. The number of hydrogen-bond acceptors (Lipinski definition) is 4. The average Bonchev–Trinajstić information content (AvgIpc) is 2.48. The largest absolute Gasteiger partial charge is 0.496 e. The lowest BCUT2D eigenvalue weighted by Gasteiger charge is -2.26. The summed E-state index contributed by atoms with van der Waals surface area (Å²) in [6.07, 6.45) is 0.411. The van der Waals surface area contributed by atoms with Crippen molar-refractivity contribution < 1.29 is 14.3 Å². The minimum Gasteiger partial charge on any atom is -0.496 e. The summed E-state index contributed by atoms with van der Waals surface area (Å²) in [4.78, 5) is 14.2. The lowest BCUT2D eigenvalue weighted by Crippen LogP contribution is -2.41. The highest BCUT2D eigenvalue weighted by Gasteiger charge is 2.10. The first-order valence-electron chi connectivity index (χ1n) is 7.39. The number of rotatable bonds is 6. The van der Waals surface area contributed by atoms with Crippen LogP contribution in [0.15, 0.2) is 18.2 Å². The van der Waals surface area contributed by atoms with Gasteiger partial charge in [-0.3, -0.25) is 9.69 Å². The lowest BCUT2D eigenvalue weighted by molar-refractivity contribution is -0.120. The second-order valence-corrected chi connectivity index (χ2v) is 5.28. The van der Waals surface area contributed by atoms with E-state index in [2.05, 4.69) is 10.2 Å². The maximum Gasteiger partial charge on any atom is 0.224 e. The molecule has 5 nitrogen and oxygen atoms in total. The van der Waals surface area contributed by atoms with Crippen LogP contribution in [-0.2, 0) is 16.0 Å². The molecule has 1 fully saturated rings. The third-order valence-corrected chi connectivity index (χ3v) is 3.68. The molecule has 0 bridgehead atoms. The van der Waals surface area contributed by atoms with E-state index in [1.54, 1.807) is 7.11 Å². The van der Waals surface area contributed by atoms with E-state index in [9.17, 15) is 4.79 Å². The van der Waals surface area contributed by atoms with Crippen LogP contribution in [-0.4, -0.2) is 57.3 Å². The molecule has 0 atom stereocenters. The summed E-state index contributed by atoms with van der Waals surface area (Å²) < 4.78 is 10.5. The minimum absolute atomic E-state index is 0.0628. The zero-order chi connectivity index (χ0) is 15.1. The van der Waals surface area contributed by atoms with E-state index in [0.717, 1.165) is 49.7 Å². The predicted octanol–water partition coefficient (Wildman–Crippen LogP) is 0.995. The molecule has 0 unspecified atom stereocenters.